The molecule has 1 aliphatic heterocycles. The van der Waals surface area contributed by atoms with Crippen molar-refractivity contribution in [2.75, 3.05) is 25.7 Å². The quantitative estimate of drug-likeness (QED) is 0.866. The van der Waals surface area contributed by atoms with E-state index < -0.39 is 0 Å². The molecule has 0 bridgehead atoms. The van der Waals surface area contributed by atoms with Crippen LogP contribution in [0.5, 0.6) is 11.5 Å². The summed E-state index contributed by atoms with van der Waals surface area (Å²) in [5.74, 6) is 1.24. The Kier molecular flexibility index (Phi) is 5.11. The molecule has 26 heavy (non-hydrogen) atoms. The van der Waals surface area contributed by atoms with Gasteiger partial charge in [-0.1, -0.05) is 0 Å². The third-order valence-corrected chi connectivity index (χ3v) is 4.53. The fourth-order valence-corrected chi connectivity index (χ4v) is 3.15. The second kappa shape index (κ2) is 7.47. The van der Waals surface area contributed by atoms with Gasteiger partial charge < -0.3 is 19.7 Å². The standard InChI is InChI=1S/C20H22N2O4/c1-4-22-17-8-6-13(9-15(17)10-19(22)23)20(24)21-12-14-5-7-16(25-2)11-18(14)26-3/h5-9,11H,4,10,12H2,1-3H3,(H,21,24). The molecule has 6 nitrogen and oxygen atoms in total. The first-order valence-corrected chi connectivity index (χ1v) is 8.49. The zero-order chi connectivity index (χ0) is 18.7. The van der Waals surface area contributed by atoms with Crippen LogP contribution in [0.15, 0.2) is 36.4 Å². The van der Waals surface area contributed by atoms with Crippen molar-refractivity contribution in [1.82, 2.24) is 5.32 Å². The number of benzene rings is 2. The molecule has 2 amide bonds. The number of nitrogens with one attached hydrogen (secondary N) is 1. The summed E-state index contributed by atoms with van der Waals surface area (Å²) < 4.78 is 10.5. The minimum Gasteiger partial charge on any atom is -0.497 e. The predicted octanol–water partition coefficient (Wildman–Crippen LogP) is 2.54. The summed E-state index contributed by atoms with van der Waals surface area (Å²) in [7, 11) is 3.17. The number of ether oxygens (including phenoxy) is 2. The maximum atomic E-state index is 12.5. The summed E-state index contributed by atoms with van der Waals surface area (Å²) in [4.78, 5) is 26.2. The Morgan fingerprint density at radius 3 is 2.65 bits per heavy atom. The largest absolute Gasteiger partial charge is 0.497 e. The van der Waals surface area contributed by atoms with Gasteiger partial charge >= 0.3 is 0 Å². The van der Waals surface area contributed by atoms with Gasteiger partial charge in [-0.2, -0.15) is 0 Å². The van der Waals surface area contributed by atoms with Gasteiger partial charge in [-0.05, 0) is 42.8 Å². The van der Waals surface area contributed by atoms with Gasteiger partial charge in [0.15, 0.2) is 0 Å². The molecule has 1 N–H and O–H groups in total. The van der Waals surface area contributed by atoms with E-state index in [1.54, 1.807) is 37.3 Å². The van der Waals surface area contributed by atoms with Gasteiger partial charge in [0.1, 0.15) is 11.5 Å². The lowest BCUT2D eigenvalue weighted by Gasteiger charge is -2.15. The van der Waals surface area contributed by atoms with Crippen molar-refractivity contribution in [3.05, 3.63) is 53.1 Å². The van der Waals surface area contributed by atoms with E-state index in [0.717, 1.165) is 16.8 Å². The highest BCUT2D eigenvalue weighted by Gasteiger charge is 2.26. The molecule has 0 spiro atoms. The van der Waals surface area contributed by atoms with Gasteiger partial charge in [0.05, 0.1) is 20.6 Å². The Labute approximate surface area is 152 Å². The van der Waals surface area contributed by atoms with Crippen LogP contribution in [0, 0.1) is 0 Å². The smallest absolute Gasteiger partial charge is 0.251 e. The van der Waals surface area contributed by atoms with Crippen molar-refractivity contribution >= 4 is 17.5 Å². The molecule has 6 heteroatoms. The molecule has 2 aromatic carbocycles. The number of nitrogens with zero attached hydrogens (tertiary/aromatic N) is 1. The lowest BCUT2D eigenvalue weighted by Crippen LogP contribution is -2.26. The minimum absolute atomic E-state index is 0.0722. The Hall–Kier alpha value is -3.02. The van der Waals surface area contributed by atoms with E-state index in [-0.39, 0.29) is 11.8 Å². The summed E-state index contributed by atoms with van der Waals surface area (Å²) >= 11 is 0. The highest BCUT2D eigenvalue weighted by atomic mass is 16.5. The zero-order valence-corrected chi connectivity index (χ0v) is 15.2. The summed E-state index contributed by atoms with van der Waals surface area (Å²) in [6.45, 7) is 2.91. The summed E-state index contributed by atoms with van der Waals surface area (Å²) in [5, 5.41) is 2.90. The number of rotatable bonds is 6. The molecule has 0 saturated heterocycles. The van der Waals surface area contributed by atoms with Crippen LogP contribution in [0.25, 0.3) is 0 Å². The first-order chi connectivity index (χ1) is 12.6. The molecule has 1 heterocycles. The first kappa shape index (κ1) is 17.8. The molecule has 2 aromatic rings. The first-order valence-electron chi connectivity index (χ1n) is 8.49. The number of carbonyl (C=O) groups is 2. The fraction of sp³-hybridized carbons (Fsp3) is 0.300. The van der Waals surface area contributed by atoms with E-state index >= 15 is 0 Å². The maximum Gasteiger partial charge on any atom is 0.251 e. The van der Waals surface area contributed by atoms with Crippen LogP contribution in [-0.2, 0) is 17.8 Å². The lowest BCUT2D eigenvalue weighted by atomic mass is 10.1. The monoisotopic (exact) mass is 354 g/mol. The van der Waals surface area contributed by atoms with Crippen molar-refractivity contribution < 1.29 is 19.1 Å². The van der Waals surface area contributed by atoms with E-state index in [9.17, 15) is 9.59 Å². The highest BCUT2D eigenvalue weighted by Crippen LogP contribution is 2.29. The Morgan fingerprint density at radius 2 is 1.96 bits per heavy atom. The van der Waals surface area contributed by atoms with E-state index in [1.165, 1.54) is 0 Å². The van der Waals surface area contributed by atoms with Crippen molar-refractivity contribution in [2.24, 2.45) is 0 Å². The Balaban J connectivity index is 1.72. The molecule has 0 fully saturated rings. The molecule has 0 aromatic heterocycles. The zero-order valence-electron chi connectivity index (χ0n) is 15.2. The number of fused-ring (bicyclic) bond motifs is 1. The van der Waals surface area contributed by atoms with E-state index in [4.69, 9.17) is 9.47 Å². The molecular weight excluding hydrogens is 332 g/mol. The van der Waals surface area contributed by atoms with Crippen LogP contribution in [0.2, 0.25) is 0 Å². The Bertz CT molecular complexity index is 848. The second-order valence-electron chi connectivity index (χ2n) is 6.02. The third-order valence-electron chi connectivity index (χ3n) is 4.53. The number of hydrogen-bond acceptors (Lipinski definition) is 4. The molecule has 0 atom stereocenters. The predicted molar refractivity (Wildman–Crippen MR) is 98.9 cm³/mol. The van der Waals surface area contributed by atoms with E-state index in [2.05, 4.69) is 5.32 Å². The van der Waals surface area contributed by atoms with Crippen molar-refractivity contribution in [2.45, 2.75) is 19.9 Å². The van der Waals surface area contributed by atoms with Gasteiger partial charge in [-0.15, -0.1) is 0 Å². The molecular formula is C20H22N2O4. The normalized spacial score (nSPS) is 12.7. The maximum absolute atomic E-state index is 12.5. The average molecular weight is 354 g/mol. The average Bonchev–Trinajstić information content (AvgIpc) is 2.99. The summed E-state index contributed by atoms with van der Waals surface area (Å²) in [5.41, 5.74) is 3.19. The highest BCUT2D eigenvalue weighted by molar-refractivity contribution is 6.03. The van der Waals surface area contributed by atoms with Gasteiger partial charge in [0.2, 0.25) is 5.91 Å². The van der Waals surface area contributed by atoms with Crippen LogP contribution < -0.4 is 19.7 Å². The Morgan fingerprint density at radius 1 is 1.15 bits per heavy atom. The molecule has 0 unspecified atom stereocenters. The SMILES string of the molecule is CCN1C(=O)Cc2cc(C(=O)NCc3ccc(OC)cc3OC)ccc21. The lowest BCUT2D eigenvalue weighted by molar-refractivity contribution is -0.117. The van der Waals surface area contributed by atoms with Gasteiger partial charge in [0, 0.05) is 36.0 Å². The van der Waals surface area contributed by atoms with Crippen LogP contribution in [0.1, 0.15) is 28.4 Å². The van der Waals surface area contributed by atoms with E-state index in [0.29, 0.717) is 36.6 Å². The van der Waals surface area contributed by atoms with Gasteiger partial charge in [-0.25, -0.2) is 0 Å². The van der Waals surface area contributed by atoms with Crippen LogP contribution in [0.3, 0.4) is 0 Å². The third kappa shape index (κ3) is 3.35. The van der Waals surface area contributed by atoms with Crippen LogP contribution >= 0.6 is 0 Å². The number of anilines is 1. The molecule has 1 aliphatic rings. The summed E-state index contributed by atoms with van der Waals surface area (Å²) in [6, 6.07) is 10.8. The second-order valence-corrected chi connectivity index (χ2v) is 6.02. The molecule has 136 valence electrons. The van der Waals surface area contributed by atoms with Crippen LogP contribution in [0.4, 0.5) is 5.69 Å². The molecule has 0 aliphatic carbocycles. The number of carbonyl (C=O) groups excluding carboxylic acids is 2. The molecule has 0 radical (unpaired) electrons. The van der Waals surface area contributed by atoms with Crippen molar-refractivity contribution in [3.63, 3.8) is 0 Å². The van der Waals surface area contributed by atoms with E-state index in [1.807, 2.05) is 25.1 Å². The van der Waals surface area contributed by atoms with Crippen LogP contribution in [-0.4, -0.2) is 32.6 Å². The number of amides is 2. The molecule has 3 rings (SSSR count). The number of methoxy groups -OCH3 is 2. The topological polar surface area (TPSA) is 67.9 Å². The molecule has 0 saturated carbocycles. The van der Waals surface area contributed by atoms with Gasteiger partial charge in [-0.3, -0.25) is 9.59 Å². The number of likely N-dealkylation sites (N-methyl/N-ethyl adjacent to an activating group) is 1. The van der Waals surface area contributed by atoms with Crippen molar-refractivity contribution in [1.29, 1.82) is 0 Å². The minimum atomic E-state index is -0.187. The fourth-order valence-electron chi connectivity index (χ4n) is 3.15. The number of hydrogen-bond donors (Lipinski definition) is 1. The van der Waals surface area contributed by atoms with Crippen molar-refractivity contribution in [3.8, 4) is 11.5 Å². The summed E-state index contributed by atoms with van der Waals surface area (Å²) in [6.07, 6.45) is 0.344. The van der Waals surface area contributed by atoms with Gasteiger partial charge in [0.25, 0.3) is 5.91 Å².